The van der Waals surface area contributed by atoms with Crippen molar-refractivity contribution in [3.8, 4) is 5.75 Å². The van der Waals surface area contributed by atoms with Gasteiger partial charge in [-0.05, 0) is 48.2 Å². The molecule has 1 atom stereocenters. The van der Waals surface area contributed by atoms with E-state index >= 15 is 0 Å². The number of rotatable bonds is 10. The summed E-state index contributed by atoms with van der Waals surface area (Å²) in [5, 5.41) is 4.14. The maximum Gasteiger partial charge on any atom is 0.261 e. The van der Waals surface area contributed by atoms with Crippen molar-refractivity contribution in [1.82, 2.24) is 10.2 Å². The molecule has 0 unspecified atom stereocenters. The van der Waals surface area contributed by atoms with Gasteiger partial charge in [-0.1, -0.05) is 90.6 Å². The maximum atomic E-state index is 13.7. The summed E-state index contributed by atoms with van der Waals surface area (Å²) in [5.74, 6) is 0.126. The Balaban J connectivity index is 1.63. The number of nitrogens with one attached hydrogen (secondary N) is 1. The molecular weight excluding hydrogens is 495 g/mol. The first-order chi connectivity index (χ1) is 17.5. The molecule has 0 aliphatic heterocycles. The molecule has 0 heterocycles. The monoisotopic (exact) mass is 524 g/mol. The van der Waals surface area contributed by atoms with Crippen molar-refractivity contribution in [2.45, 2.75) is 50.7 Å². The zero-order chi connectivity index (χ0) is 25.3. The van der Waals surface area contributed by atoms with Crippen LogP contribution in [0.25, 0.3) is 0 Å². The van der Waals surface area contributed by atoms with E-state index in [1.165, 1.54) is 0 Å². The Hall–Kier alpha value is -3.02. The van der Waals surface area contributed by atoms with Crippen molar-refractivity contribution in [1.29, 1.82) is 0 Å². The van der Waals surface area contributed by atoms with Gasteiger partial charge in [0.05, 0.1) is 0 Å². The van der Waals surface area contributed by atoms with Gasteiger partial charge in [0, 0.05) is 29.1 Å². The van der Waals surface area contributed by atoms with Crippen LogP contribution in [0.15, 0.2) is 78.9 Å². The fourth-order valence-electron chi connectivity index (χ4n) is 4.50. The minimum atomic E-state index is -0.730. The normalized spacial score (nSPS) is 14.3. The van der Waals surface area contributed by atoms with E-state index < -0.39 is 6.04 Å². The van der Waals surface area contributed by atoms with Gasteiger partial charge in [-0.3, -0.25) is 9.59 Å². The van der Waals surface area contributed by atoms with E-state index in [4.69, 9.17) is 27.9 Å². The highest BCUT2D eigenvalue weighted by molar-refractivity contribution is 6.35. The fourth-order valence-corrected chi connectivity index (χ4v) is 4.97. The predicted molar refractivity (Wildman–Crippen MR) is 143 cm³/mol. The van der Waals surface area contributed by atoms with E-state index in [9.17, 15) is 9.59 Å². The minimum Gasteiger partial charge on any atom is -0.484 e. The van der Waals surface area contributed by atoms with Gasteiger partial charge in [-0.2, -0.15) is 0 Å². The molecule has 0 radical (unpaired) electrons. The average molecular weight is 525 g/mol. The molecule has 3 aromatic rings. The van der Waals surface area contributed by atoms with Crippen LogP contribution in [0.4, 0.5) is 0 Å². The second-order valence-electron chi connectivity index (χ2n) is 9.05. The first-order valence-electron chi connectivity index (χ1n) is 12.2. The number of carbonyl (C=O) groups is 2. The quantitative estimate of drug-likeness (QED) is 0.350. The van der Waals surface area contributed by atoms with E-state index in [-0.39, 0.29) is 31.0 Å². The zero-order valence-electron chi connectivity index (χ0n) is 20.0. The maximum absolute atomic E-state index is 13.7. The van der Waals surface area contributed by atoms with Crippen molar-refractivity contribution < 1.29 is 14.3 Å². The lowest BCUT2D eigenvalue weighted by Gasteiger charge is -2.32. The Bertz CT molecular complexity index is 1150. The van der Waals surface area contributed by atoms with Gasteiger partial charge >= 0.3 is 0 Å². The standard InChI is InChI=1S/C29H30Cl2N2O3/c30-23-16-15-22(26(31)18-23)19-33(28(34)20-36-25-13-5-2-6-14-25)27(17-21-9-3-1-4-10-21)29(35)32-24-11-7-8-12-24/h1-6,9-10,13-16,18,24,27H,7-8,11-12,17,19-20H2,(H,32,35)/t27-/m0/s1. The van der Waals surface area contributed by atoms with Crippen LogP contribution in [0.3, 0.4) is 0 Å². The Morgan fingerprint density at radius 1 is 0.944 bits per heavy atom. The molecule has 1 fully saturated rings. The predicted octanol–water partition coefficient (Wildman–Crippen LogP) is 6.07. The number of benzene rings is 3. The lowest BCUT2D eigenvalue weighted by Crippen LogP contribution is -2.53. The molecule has 1 aliphatic rings. The smallest absolute Gasteiger partial charge is 0.261 e. The summed E-state index contributed by atoms with van der Waals surface area (Å²) < 4.78 is 5.77. The molecule has 0 aromatic heterocycles. The molecule has 0 saturated heterocycles. The van der Waals surface area contributed by atoms with Crippen LogP contribution in [0, 0.1) is 0 Å². The van der Waals surface area contributed by atoms with Crippen LogP contribution in [0.1, 0.15) is 36.8 Å². The van der Waals surface area contributed by atoms with E-state index in [0.717, 1.165) is 31.2 Å². The molecule has 1 aliphatic carbocycles. The van der Waals surface area contributed by atoms with Gasteiger partial charge in [0.15, 0.2) is 6.61 Å². The molecule has 1 N–H and O–H groups in total. The Kier molecular flexibility index (Phi) is 9.26. The van der Waals surface area contributed by atoms with Crippen LogP contribution in [-0.4, -0.2) is 35.4 Å². The van der Waals surface area contributed by atoms with Gasteiger partial charge in [0.25, 0.3) is 5.91 Å². The molecule has 7 heteroatoms. The average Bonchev–Trinajstić information content (AvgIpc) is 3.40. The highest BCUT2D eigenvalue weighted by Crippen LogP contribution is 2.25. The summed E-state index contributed by atoms with van der Waals surface area (Å²) in [4.78, 5) is 28.9. The lowest BCUT2D eigenvalue weighted by atomic mass is 10.0. The van der Waals surface area contributed by atoms with Crippen LogP contribution < -0.4 is 10.1 Å². The Morgan fingerprint density at radius 2 is 1.61 bits per heavy atom. The van der Waals surface area contributed by atoms with Crippen molar-refractivity contribution >= 4 is 35.0 Å². The van der Waals surface area contributed by atoms with E-state index in [0.29, 0.717) is 27.8 Å². The van der Waals surface area contributed by atoms with Gasteiger partial charge in [-0.15, -0.1) is 0 Å². The molecular formula is C29H30Cl2N2O3. The molecule has 2 amide bonds. The Labute approximate surface area is 222 Å². The Morgan fingerprint density at radius 3 is 2.28 bits per heavy atom. The SMILES string of the molecule is O=C(NC1CCCC1)[C@H](Cc1ccccc1)N(Cc1ccc(Cl)cc1Cl)C(=O)COc1ccccc1. The molecule has 3 aromatic carbocycles. The molecule has 0 bridgehead atoms. The molecule has 0 spiro atoms. The topological polar surface area (TPSA) is 58.6 Å². The van der Waals surface area contributed by atoms with Gasteiger partial charge in [0.1, 0.15) is 11.8 Å². The first kappa shape index (κ1) is 26.1. The first-order valence-corrected chi connectivity index (χ1v) is 13.0. The van der Waals surface area contributed by atoms with Crippen LogP contribution in [-0.2, 0) is 22.6 Å². The van der Waals surface area contributed by atoms with Crippen molar-refractivity contribution in [3.05, 3.63) is 100 Å². The van der Waals surface area contributed by atoms with Crippen molar-refractivity contribution in [2.75, 3.05) is 6.61 Å². The zero-order valence-corrected chi connectivity index (χ0v) is 21.5. The van der Waals surface area contributed by atoms with Crippen LogP contribution in [0.5, 0.6) is 5.75 Å². The highest BCUT2D eigenvalue weighted by Gasteiger charge is 2.32. The summed E-state index contributed by atoms with van der Waals surface area (Å²) in [6.45, 7) is -0.0419. The van der Waals surface area contributed by atoms with Gasteiger partial charge < -0.3 is 15.0 Å². The van der Waals surface area contributed by atoms with Gasteiger partial charge in [0.2, 0.25) is 5.91 Å². The number of hydrogen-bond donors (Lipinski definition) is 1. The molecule has 4 rings (SSSR count). The molecule has 5 nitrogen and oxygen atoms in total. The third kappa shape index (κ3) is 7.25. The van der Waals surface area contributed by atoms with Crippen LogP contribution in [0.2, 0.25) is 10.0 Å². The second-order valence-corrected chi connectivity index (χ2v) is 9.90. The molecule has 36 heavy (non-hydrogen) atoms. The summed E-state index contributed by atoms with van der Waals surface area (Å²) >= 11 is 12.6. The summed E-state index contributed by atoms with van der Waals surface area (Å²) in [5.41, 5.74) is 1.67. The lowest BCUT2D eigenvalue weighted by molar-refractivity contribution is -0.143. The number of carbonyl (C=O) groups excluding carboxylic acids is 2. The summed E-state index contributed by atoms with van der Waals surface area (Å²) in [6, 6.07) is 23.5. The fraction of sp³-hybridized carbons (Fsp3) is 0.310. The number of ether oxygens (including phenoxy) is 1. The summed E-state index contributed by atoms with van der Waals surface area (Å²) in [6.07, 6.45) is 4.49. The minimum absolute atomic E-state index is 0.132. The number of para-hydroxylation sites is 1. The third-order valence-electron chi connectivity index (χ3n) is 6.43. The number of amides is 2. The molecule has 1 saturated carbocycles. The number of nitrogens with zero attached hydrogens (tertiary/aromatic N) is 1. The van der Waals surface area contributed by atoms with E-state index in [2.05, 4.69) is 5.32 Å². The van der Waals surface area contributed by atoms with E-state index in [1.54, 1.807) is 35.2 Å². The third-order valence-corrected chi connectivity index (χ3v) is 7.02. The van der Waals surface area contributed by atoms with Gasteiger partial charge in [-0.25, -0.2) is 0 Å². The second kappa shape index (κ2) is 12.8. The summed E-state index contributed by atoms with van der Waals surface area (Å²) in [7, 11) is 0. The number of halogens is 2. The molecule has 188 valence electrons. The largest absolute Gasteiger partial charge is 0.484 e. The van der Waals surface area contributed by atoms with Crippen LogP contribution >= 0.6 is 23.2 Å². The van der Waals surface area contributed by atoms with Crippen molar-refractivity contribution in [3.63, 3.8) is 0 Å². The number of hydrogen-bond acceptors (Lipinski definition) is 3. The van der Waals surface area contributed by atoms with E-state index in [1.807, 2.05) is 48.5 Å². The highest BCUT2D eigenvalue weighted by atomic mass is 35.5. The van der Waals surface area contributed by atoms with Crippen molar-refractivity contribution in [2.24, 2.45) is 0 Å².